The van der Waals surface area contributed by atoms with Crippen LogP contribution in [0.2, 0.25) is 0 Å². The predicted molar refractivity (Wildman–Crippen MR) is 102 cm³/mol. The van der Waals surface area contributed by atoms with Crippen molar-refractivity contribution in [3.05, 3.63) is 36.4 Å². The van der Waals surface area contributed by atoms with Crippen LogP contribution in [0, 0.1) is 0 Å². The number of rotatable bonds is 6. The third-order valence-electron chi connectivity index (χ3n) is 4.96. The molecule has 156 valence electrons. The zero-order chi connectivity index (χ0) is 20.1. The first-order chi connectivity index (χ1) is 14.2. The SMILES string of the molecule is O=C(Nc1cccnc1)N[C@@H]1[C@@H](O)CO[C@@H]1Cn1cc(CN2CCOCC2)nn1. The fourth-order valence-electron chi connectivity index (χ4n) is 3.46. The first kappa shape index (κ1) is 19.7. The van der Waals surface area contributed by atoms with Crippen molar-refractivity contribution in [2.75, 3.05) is 38.2 Å². The van der Waals surface area contributed by atoms with E-state index in [0.717, 1.165) is 32.0 Å². The van der Waals surface area contributed by atoms with Crippen molar-refractivity contribution in [3.63, 3.8) is 0 Å². The van der Waals surface area contributed by atoms with Crippen molar-refractivity contribution in [1.82, 2.24) is 30.2 Å². The summed E-state index contributed by atoms with van der Waals surface area (Å²) in [4.78, 5) is 18.5. The van der Waals surface area contributed by atoms with Crippen molar-refractivity contribution in [1.29, 1.82) is 0 Å². The molecular weight excluding hydrogens is 378 g/mol. The molecule has 2 saturated heterocycles. The molecule has 3 atom stereocenters. The number of aliphatic hydroxyl groups is 1. The summed E-state index contributed by atoms with van der Waals surface area (Å²) in [7, 11) is 0. The Morgan fingerprint density at radius 3 is 3.00 bits per heavy atom. The maximum Gasteiger partial charge on any atom is 0.319 e. The number of carbonyl (C=O) groups excluding carboxylic acids is 1. The fourth-order valence-corrected chi connectivity index (χ4v) is 3.46. The lowest BCUT2D eigenvalue weighted by atomic mass is 10.1. The first-order valence-electron chi connectivity index (χ1n) is 9.64. The van der Waals surface area contributed by atoms with Gasteiger partial charge >= 0.3 is 6.03 Å². The van der Waals surface area contributed by atoms with Crippen LogP contribution in [0.1, 0.15) is 5.69 Å². The lowest BCUT2D eigenvalue weighted by Gasteiger charge is -2.25. The molecule has 0 bridgehead atoms. The van der Waals surface area contributed by atoms with Gasteiger partial charge < -0.3 is 25.2 Å². The van der Waals surface area contributed by atoms with Crippen molar-refractivity contribution >= 4 is 11.7 Å². The zero-order valence-electron chi connectivity index (χ0n) is 16.0. The van der Waals surface area contributed by atoms with Gasteiger partial charge in [0.15, 0.2) is 0 Å². The van der Waals surface area contributed by atoms with E-state index in [2.05, 4.69) is 30.8 Å². The number of aliphatic hydroxyl groups excluding tert-OH is 1. The molecule has 0 aliphatic carbocycles. The van der Waals surface area contributed by atoms with Gasteiger partial charge in [-0.2, -0.15) is 0 Å². The van der Waals surface area contributed by atoms with Gasteiger partial charge in [-0.1, -0.05) is 5.21 Å². The number of pyridine rings is 1. The summed E-state index contributed by atoms with van der Waals surface area (Å²) in [6.45, 7) is 4.47. The number of urea groups is 1. The van der Waals surface area contributed by atoms with Gasteiger partial charge in [-0.15, -0.1) is 5.10 Å². The van der Waals surface area contributed by atoms with Gasteiger partial charge in [0.05, 0.1) is 50.0 Å². The molecule has 29 heavy (non-hydrogen) atoms. The average molecular weight is 403 g/mol. The summed E-state index contributed by atoms with van der Waals surface area (Å²) < 4.78 is 12.7. The summed E-state index contributed by atoms with van der Waals surface area (Å²) in [5.74, 6) is 0. The van der Waals surface area contributed by atoms with Crippen molar-refractivity contribution in [3.8, 4) is 0 Å². The number of amides is 2. The van der Waals surface area contributed by atoms with Crippen LogP contribution in [-0.2, 0) is 22.6 Å². The first-order valence-corrected chi connectivity index (χ1v) is 9.64. The van der Waals surface area contributed by atoms with E-state index < -0.39 is 24.3 Å². The fraction of sp³-hybridized carbons (Fsp3) is 0.556. The van der Waals surface area contributed by atoms with Crippen LogP contribution in [0.4, 0.5) is 10.5 Å². The van der Waals surface area contributed by atoms with Crippen LogP contribution in [-0.4, -0.2) is 87.2 Å². The van der Waals surface area contributed by atoms with E-state index in [1.165, 1.54) is 0 Å². The summed E-state index contributed by atoms with van der Waals surface area (Å²) in [5, 5.41) is 24.1. The molecule has 2 aromatic rings. The molecule has 2 fully saturated rings. The van der Waals surface area contributed by atoms with Crippen molar-refractivity contribution < 1.29 is 19.4 Å². The second-order valence-electron chi connectivity index (χ2n) is 7.13. The molecule has 2 aliphatic heterocycles. The Hall–Kier alpha value is -2.60. The van der Waals surface area contributed by atoms with E-state index in [0.29, 0.717) is 18.8 Å². The van der Waals surface area contributed by atoms with E-state index in [9.17, 15) is 9.90 Å². The maximum atomic E-state index is 12.3. The van der Waals surface area contributed by atoms with Gasteiger partial charge in [-0.25, -0.2) is 9.48 Å². The highest BCUT2D eigenvalue weighted by atomic mass is 16.5. The monoisotopic (exact) mass is 403 g/mol. The van der Waals surface area contributed by atoms with E-state index in [-0.39, 0.29) is 6.61 Å². The average Bonchev–Trinajstić information content (AvgIpc) is 3.31. The molecule has 11 nitrogen and oxygen atoms in total. The number of hydrogen-bond donors (Lipinski definition) is 3. The van der Waals surface area contributed by atoms with Gasteiger partial charge in [-0.3, -0.25) is 9.88 Å². The van der Waals surface area contributed by atoms with Crippen LogP contribution < -0.4 is 10.6 Å². The molecule has 2 aromatic heterocycles. The van der Waals surface area contributed by atoms with E-state index in [1.54, 1.807) is 29.2 Å². The van der Waals surface area contributed by atoms with Crippen molar-refractivity contribution in [2.45, 2.75) is 31.3 Å². The topological polar surface area (TPSA) is 127 Å². The number of carbonyl (C=O) groups is 1. The Balaban J connectivity index is 1.32. The number of morpholine rings is 1. The van der Waals surface area contributed by atoms with Crippen LogP contribution in [0.25, 0.3) is 0 Å². The third-order valence-corrected chi connectivity index (χ3v) is 4.96. The molecule has 11 heteroatoms. The van der Waals surface area contributed by atoms with Gasteiger partial charge in [0.25, 0.3) is 0 Å². The molecule has 3 N–H and O–H groups in total. The van der Waals surface area contributed by atoms with Crippen molar-refractivity contribution in [2.24, 2.45) is 0 Å². The molecule has 4 rings (SSSR count). The molecule has 0 radical (unpaired) electrons. The second-order valence-corrected chi connectivity index (χ2v) is 7.13. The molecule has 0 spiro atoms. The van der Waals surface area contributed by atoms with E-state index >= 15 is 0 Å². The second kappa shape index (κ2) is 9.27. The summed E-state index contributed by atoms with van der Waals surface area (Å²) in [5.41, 5.74) is 1.43. The summed E-state index contributed by atoms with van der Waals surface area (Å²) >= 11 is 0. The number of aromatic nitrogens is 4. The van der Waals surface area contributed by atoms with E-state index in [4.69, 9.17) is 9.47 Å². The standard InChI is InChI=1S/C18H25N7O4/c26-15-12-29-16(17(15)21-18(27)20-13-2-1-3-19-8-13)11-25-10-14(22-23-25)9-24-4-6-28-7-5-24/h1-3,8,10,15-17,26H,4-7,9,11-12H2,(H2,20,21,27)/t15-,16+,17+/m0/s1. The summed E-state index contributed by atoms with van der Waals surface area (Å²) in [6.07, 6.45) is 3.83. The van der Waals surface area contributed by atoms with E-state index in [1.807, 2.05) is 6.20 Å². The molecule has 0 unspecified atom stereocenters. The normalized spacial score (nSPS) is 25.1. The lowest BCUT2D eigenvalue weighted by molar-refractivity contribution is 0.0336. The van der Waals surface area contributed by atoms with Crippen LogP contribution in [0.5, 0.6) is 0 Å². The van der Waals surface area contributed by atoms with Crippen LogP contribution in [0.15, 0.2) is 30.7 Å². The number of ether oxygens (including phenoxy) is 2. The van der Waals surface area contributed by atoms with Crippen LogP contribution >= 0.6 is 0 Å². The Morgan fingerprint density at radius 1 is 1.34 bits per heavy atom. The Morgan fingerprint density at radius 2 is 2.21 bits per heavy atom. The quantitative estimate of drug-likeness (QED) is 0.587. The molecule has 2 aliphatic rings. The van der Waals surface area contributed by atoms with Gasteiger partial charge in [0.2, 0.25) is 0 Å². The number of nitrogens with one attached hydrogen (secondary N) is 2. The molecular formula is C18H25N7O4. The maximum absolute atomic E-state index is 12.3. The molecule has 4 heterocycles. The minimum atomic E-state index is -0.795. The molecule has 0 saturated carbocycles. The van der Waals surface area contributed by atoms with Gasteiger partial charge in [-0.05, 0) is 12.1 Å². The largest absolute Gasteiger partial charge is 0.388 e. The summed E-state index contributed by atoms with van der Waals surface area (Å²) in [6, 6.07) is 2.48. The minimum absolute atomic E-state index is 0.151. The highest BCUT2D eigenvalue weighted by molar-refractivity contribution is 5.89. The zero-order valence-corrected chi connectivity index (χ0v) is 16.0. The smallest absolute Gasteiger partial charge is 0.319 e. The van der Waals surface area contributed by atoms with Gasteiger partial charge in [0, 0.05) is 32.0 Å². The predicted octanol–water partition coefficient (Wildman–Crippen LogP) is -0.545. The van der Waals surface area contributed by atoms with Gasteiger partial charge in [0.1, 0.15) is 12.2 Å². The Kier molecular flexibility index (Phi) is 6.30. The number of hydrogen-bond acceptors (Lipinski definition) is 8. The Bertz CT molecular complexity index is 797. The minimum Gasteiger partial charge on any atom is -0.388 e. The molecule has 0 aromatic carbocycles. The Labute approximate surface area is 168 Å². The molecule has 2 amide bonds. The number of anilines is 1. The third kappa shape index (κ3) is 5.26. The highest BCUT2D eigenvalue weighted by Gasteiger charge is 2.37. The lowest BCUT2D eigenvalue weighted by Crippen LogP contribution is -2.49. The van der Waals surface area contributed by atoms with Crippen LogP contribution in [0.3, 0.4) is 0 Å². The number of nitrogens with zero attached hydrogens (tertiary/aromatic N) is 5. The highest BCUT2D eigenvalue weighted by Crippen LogP contribution is 2.17.